The summed E-state index contributed by atoms with van der Waals surface area (Å²) in [7, 11) is 0. The van der Waals surface area contributed by atoms with Crippen LogP contribution in [0.4, 0.5) is 0 Å². The lowest BCUT2D eigenvalue weighted by Gasteiger charge is -2.03. The molecule has 0 unspecified atom stereocenters. The Kier molecular flexibility index (Phi) is 4.72. The van der Waals surface area contributed by atoms with Gasteiger partial charge in [0.05, 0.1) is 11.6 Å². The normalized spacial score (nSPS) is 9.33. The Balaban J connectivity index is 2.55. The maximum Gasteiger partial charge on any atom is 0.251 e. The number of nitrogens with zero attached hydrogens (tertiary/aromatic N) is 1. The van der Waals surface area contributed by atoms with Gasteiger partial charge in [-0.25, -0.2) is 0 Å². The first kappa shape index (κ1) is 11.6. The standard InChI is InChI=1S/C11H12N2OS/c1-15-7-6-13-11(14)10-4-2-9(8-12)3-5-10/h2-5H,6-7H2,1H3,(H,13,14). The van der Waals surface area contributed by atoms with E-state index in [1.54, 1.807) is 36.0 Å². The molecule has 78 valence electrons. The first-order valence-corrected chi connectivity index (χ1v) is 5.94. The molecule has 0 heterocycles. The van der Waals surface area contributed by atoms with Gasteiger partial charge in [0, 0.05) is 17.9 Å². The monoisotopic (exact) mass is 220 g/mol. The summed E-state index contributed by atoms with van der Waals surface area (Å²) < 4.78 is 0. The molecule has 0 aliphatic carbocycles. The summed E-state index contributed by atoms with van der Waals surface area (Å²) in [5.74, 6) is 0.815. The molecule has 0 radical (unpaired) electrons. The van der Waals surface area contributed by atoms with Crippen molar-refractivity contribution in [2.75, 3.05) is 18.6 Å². The van der Waals surface area contributed by atoms with E-state index in [0.29, 0.717) is 17.7 Å². The van der Waals surface area contributed by atoms with E-state index in [-0.39, 0.29) is 5.91 Å². The lowest BCUT2D eigenvalue weighted by atomic mass is 10.1. The number of benzene rings is 1. The summed E-state index contributed by atoms with van der Waals surface area (Å²) in [6.07, 6.45) is 1.99. The summed E-state index contributed by atoms with van der Waals surface area (Å²) in [5.41, 5.74) is 1.16. The minimum atomic E-state index is -0.0893. The Morgan fingerprint density at radius 2 is 2.13 bits per heavy atom. The van der Waals surface area contributed by atoms with Crippen LogP contribution >= 0.6 is 11.8 Å². The SMILES string of the molecule is CSCCNC(=O)c1ccc(C#N)cc1. The van der Waals surface area contributed by atoms with E-state index in [2.05, 4.69) is 5.32 Å². The second-order valence-corrected chi connectivity index (χ2v) is 3.92. The molecule has 0 fully saturated rings. The van der Waals surface area contributed by atoms with Crippen LogP contribution in [-0.2, 0) is 0 Å². The summed E-state index contributed by atoms with van der Waals surface area (Å²) in [6.45, 7) is 0.667. The van der Waals surface area contributed by atoms with E-state index in [9.17, 15) is 4.79 Å². The third-order valence-electron chi connectivity index (χ3n) is 1.87. The topological polar surface area (TPSA) is 52.9 Å². The van der Waals surface area contributed by atoms with Crippen molar-refractivity contribution in [1.29, 1.82) is 5.26 Å². The lowest BCUT2D eigenvalue weighted by molar-refractivity contribution is 0.0956. The van der Waals surface area contributed by atoms with E-state index in [4.69, 9.17) is 5.26 Å². The molecule has 1 aromatic rings. The Labute approximate surface area is 93.5 Å². The predicted octanol–water partition coefficient (Wildman–Crippen LogP) is 1.65. The van der Waals surface area contributed by atoms with Gasteiger partial charge >= 0.3 is 0 Å². The summed E-state index contributed by atoms with van der Waals surface area (Å²) in [6, 6.07) is 8.61. The van der Waals surface area contributed by atoms with Crippen molar-refractivity contribution in [2.45, 2.75) is 0 Å². The zero-order valence-electron chi connectivity index (χ0n) is 8.49. The molecule has 0 spiro atoms. The number of hydrogen-bond acceptors (Lipinski definition) is 3. The molecule has 0 saturated carbocycles. The number of hydrogen-bond donors (Lipinski definition) is 1. The van der Waals surface area contributed by atoms with Crippen LogP contribution < -0.4 is 5.32 Å². The zero-order valence-corrected chi connectivity index (χ0v) is 9.30. The van der Waals surface area contributed by atoms with Crippen molar-refractivity contribution in [3.63, 3.8) is 0 Å². The Morgan fingerprint density at radius 3 is 2.67 bits per heavy atom. The largest absolute Gasteiger partial charge is 0.351 e. The van der Waals surface area contributed by atoms with Gasteiger partial charge in [0.25, 0.3) is 5.91 Å². The third kappa shape index (κ3) is 3.64. The summed E-state index contributed by atoms with van der Waals surface area (Å²) in [4.78, 5) is 11.5. The van der Waals surface area contributed by atoms with Gasteiger partial charge in [0.2, 0.25) is 0 Å². The summed E-state index contributed by atoms with van der Waals surface area (Å²) >= 11 is 1.69. The van der Waals surface area contributed by atoms with Crippen molar-refractivity contribution < 1.29 is 4.79 Å². The fourth-order valence-electron chi connectivity index (χ4n) is 1.06. The van der Waals surface area contributed by atoms with E-state index in [1.165, 1.54) is 0 Å². The van der Waals surface area contributed by atoms with Crippen LogP contribution in [0.15, 0.2) is 24.3 Å². The van der Waals surface area contributed by atoms with Gasteiger partial charge in [-0.2, -0.15) is 17.0 Å². The Hall–Kier alpha value is -1.47. The van der Waals surface area contributed by atoms with E-state index in [1.807, 2.05) is 12.3 Å². The van der Waals surface area contributed by atoms with Crippen LogP contribution in [0.1, 0.15) is 15.9 Å². The van der Waals surface area contributed by atoms with E-state index < -0.39 is 0 Å². The van der Waals surface area contributed by atoms with Crippen molar-refractivity contribution in [3.05, 3.63) is 35.4 Å². The van der Waals surface area contributed by atoms with Gasteiger partial charge < -0.3 is 5.32 Å². The zero-order chi connectivity index (χ0) is 11.1. The van der Waals surface area contributed by atoms with Crippen molar-refractivity contribution in [3.8, 4) is 6.07 Å². The van der Waals surface area contributed by atoms with Crippen LogP contribution in [0.5, 0.6) is 0 Å². The molecule has 1 N–H and O–H groups in total. The molecule has 0 atom stereocenters. The molecule has 0 aliphatic rings. The Morgan fingerprint density at radius 1 is 1.47 bits per heavy atom. The van der Waals surface area contributed by atoms with Crippen LogP contribution in [0.25, 0.3) is 0 Å². The number of nitrogens with one attached hydrogen (secondary N) is 1. The number of rotatable bonds is 4. The smallest absolute Gasteiger partial charge is 0.251 e. The van der Waals surface area contributed by atoms with Crippen molar-refractivity contribution >= 4 is 17.7 Å². The van der Waals surface area contributed by atoms with Gasteiger partial charge in [0.15, 0.2) is 0 Å². The highest BCUT2D eigenvalue weighted by Gasteiger charge is 2.03. The quantitative estimate of drug-likeness (QED) is 0.785. The lowest BCUT2D eigenvalue weighted by Crippen LogP contribution is -2.25. The van der Waals surface area contributed by atoms with Crippen molar-refractivity contribution in [1.82, 2.24) is 5.32 Å². The van der Waals surface area contributed by atoms with E-state index >= 15 is 0 Å². The fraction of sp³-hybridized carbons (Fsp3) is 0.273. The average molecular weight is 220 g/mol. The minimum absolute atomic E-state index is 0.0893. The molecule has 0 aliphatic heterocycles. The molecule has 0 bridgehead atoms. The van der Waals surface area contributed by atoms with Gasteiger partial charge in [-0.1, -0.05) is 0 Å². The number of carbonyl (C=O) groups is 1. The van der Waals surface area contributed by atoms with Crippen LogP contribution in [0.3, 0.4) is 0 Å². The number of carbonyl (C=O) groups excluding carboxylic acids is 1. The fourth-order valence-corrected chi connectivity index (χ4v) is 1.37. The molecule has 0 saturated heterocycles. The molecule has 15 heavy (non-hydrogen) atoms. The molecular weight excluding hydrogens is 208 g/mol. The highest BCUT2D eigenvalue weighted by molar-refractivity contribution is 7.98. The minimum Gasteiger partial charge on any atom is -0.351 e. The van der Waals surface area contributed by atoms with Gasteiger partial charge in [-0.05, 0) is 30.5 Å². The van der Waals surface area contributed by atoms with E-state index in [0.717, 1.165) is 5.75 Å². The third-order valence-corrected chi connectivity index (χ3v) is 2.48. The first-order valence-electron chi connectivity index (χ1n) is 4.55. The second kappa shape index (κ2) is 6.10. The van der Waals surface area contributed by atoms with Crippen LogP contribution in [0, 0.1) is 11.3 Å². The molecule has 1 aromatic carbocycles. The van der Waals surface area contributed by atoms with Crippen molar-refractivity contribution in [2.24, 2.45) is 0 Å². The first-order chi connectivity index (χ1) is 7.27. The highest BCUT2D eigenvalue weighted by Crippen LogP contribution is 2.03. The Bertz CT molecular complexity index is 367. The number of thioether (sulfide) groups is 1. The van der Waals surface area contributed by atoms with Gasteiger partial charge in [-0.3, -0.25) is 4.79 Å². The summed E-state index contributed by atoms with van der Waals surface area (Å²) in [5, 5.41) is 11.4. The molecule has 3 nitrogen and oxygen atoms in total. The maximum absolute atomic E-state index is 11.5. The van der Waals surface area contributed by atoms with Crippen LogP contribution in [-0.4, -0.2) is 24.5 Å². The molecular formula is C11H12N2OS. The molecule has 1 rings (SSSR count). The molecule has 4 heteroatoms. The average Bonchev–Trinajstić information content (AvgIpc) is 2.29. The maximum atomic E-state index is 11.5. The number of amides is 1. The van der Waals surface area contributed by atoms with Gasteiger partial charge in [0.1, 0.15) is 0 Å². The predicted molar refractivity (Wildman–Crippen MR) is 61.9 cm³/mol. The molecule has 0 aromatic heterocycles. The number of nitriles is 1. The second-order valence-electron chi connectivity index (χ2n) is 2.94. The van der Waals surface area contributed by atoms with Crippen LogP contribution in [0.2, 0.25) is 0 Å². The van der Waals surface area contributed by atoms with Gasteiger partial charge in [-0.15, -0.1) is 0 Å². The molecule has 1 amide bonds. The highest BCUT2D eigenvalue weighted by atomic mass is 32.2.